The molecule has 4 rings (SSSR count). The summed E-state index contributed by atoms with van der Waals surface area (Å²) >= 11 is 0. The average Bonchev–Trinajstić information content (AvgIpc) is 3.28. The van der Waals surface area contributed by atoms with E-state index in [0.717, 1.165) is 51.4 Å². The smallest absolute Gasteiger partial charge is 0.320 e. The second-order valence-corrected chi connectivity index (χ2v) is 9.19. The Balaban J connectivity index is 1.22. The van der Waals surface area contributed by atoms with Crippen molar-refractivity contribution < 1.29 is 19.1 Å². The molecule has 1 aromatic carbocycles. The second kappa shape index (κ2) is 10.5. The summed E-state index contributed by atoms with van der Waals surface area (Å²) in [5.41, 5.74) is 1.13. The number of nitrogens with one attached hydrogen (secondary N) is 2. The van der Waals surface area contributed by atoms with Crippen LogP contribution in [0.15, 0.2) is 28.7 Å². The fourth-order valence-electron chi connectivity index (χ4n) is 5.25. The normalized spacial score (nSPS) is 25.1. The van der Waals surface area contributed by atoms with Gasteiger partial charge in [0, 0.05) is 18.2 Å². The average molecular weight is 452 g/mol. The first-order valence-corrected chi connectivity index (χ1v) is 11.6. The van der Waals surface area contributed by atoms with E-state index in [-0.39, 0.29) is 23.9 Å². The van der Waals surface area contributed by atoms with Crippen LogP contribution in [0.2, 0.25) is 0 Å². The van der Waals surface area contributed by atoms with Crippen LogP contribution in [0.5, 0.6) is 0 Å². The zero-order valence-electron chi connectivity index (χ0n) is 18.5. The number of carbonyl (C=O) groups is 2. The summed E-state index contributed by atoms with van der Waals surface area (Å²) in [6.45, 7) is 0. The molecule has 0 unspecified atom stereocenters. The van der Waals surface area contributed by atoms with Crippen molar-refractivity contribution in [3.63, 3.8) is 0 Å². The van der Waals surface area contributed by atoms with Gasteiger partial charge in [-0.3, -0.25) is 9.59 Å². The van der Waals surface area contributed by atoms with Crippen LogP contribution < -0.4 is 10.6 Å². The third-order valence-corrected chi connectivity index (χ3v) is 6.99. The van der Waals surface area contributed by atoms with E-state index in [9.17, 15) is 9.59 Å². The predicted octanol–water partition coefficient (Wildman–Crippen LogP) is 4.25. The number of aliphatic carboxylic acids is 1. The van der Waals surface area contributed by atoms with Gasteiger partial charge in [0.05, 0.1) is 11.6 Å². The third-order valence-electron chi connectivity index (χ3n) is 6.99. The lowest BCUT2D eigenvalue weighted by atomic mass is 9.70. The Morgan fingerprint density at radius 1 is 1.06 bits per heavy atom. The number of carbonyl (C=O) groups excluding carboxylic acids is 1. The number of aromatic nitrogens is 2. The maximum atomic E-state index is 12.6. The highest BCUT2D eigenvalue weighted by atomic mass is 16.4. The Morgan fingerprint density at radius 3 is 2.42 bits per heavy atom. The highest BCUT2D eigenvalue weighted by Crippen LogP contribution is 2.40. The molecule has 2 aliphatic rings. The van der Waals surface area contributed by atoms with Crippen LogP contribution in [0.3, 0.4) is 0 Å². The predicted molar refractivity (Wildman–Crippen MR) is 120 cm³/mol. The van der Waals surface area contributed by atoms with E-state index in [0.29, 0.717) is 35.4 Å². The largest absolute Gasteiger partial charge is 0.481 e. The Morgan fingerprint density at radius 2 is 1.76 bits per heavy atom. The van der Waals surface area contributed by atoms with Gasteiger partial charge in [-0.2, -0.15) is 5.26 Å². The van der Waals surface area contributed by atoms with E-state index in [1.807, 2.05) is 0 Å². The van der Waals surface area contributed by atoms with Crippen LogP contribution in [0.25, 0.3) is 0 Å². The summed E-state index contributed by atoms with van der Waals surface area (Å²) in [4.78, 5) is 23.5. The van der Waals surface area contributed by atoms with Crippen LogP contribution in [0.1, 0.15) is 74.0 Å². The van der Waals surface area contributed by atoms with Crippen molar-refractivity contribution in [2.45, 2.75) is 63.8 Å². The molecule has 2 aliphatic carbocycles. The van der Waals surface area contributed by atoms with E-state index in [2.05, 4.69) is 26.9 Å². The number of benzene rings is 1. The maximum Gasteiger partial charge on any atom is 0.320 e. The molecule has 0 bridgehead atoms. The lowest BCUT2D eigenvalue weighted by Gasteiger charge is -2.37. The lowest BCUT2D eigenvalue weighted by molar-refractivity contribution is -0.138. The molecule has 174 valence electrons. The first-order chi connectivity index (χ1) is 16.0. The molecular weight excluding hydrogens is 422 g/mol. The summed E-state index contributed by atoms with van der Waals surface area (Å²) in [5.74, 6) is 0.514. The first kappa shape index (κ1) is 22.8. The Kier molecular flexibility index (Phi) is 7.23. The number of amides is 1. The van der Waals surface area contributed by atoms with Gasteiger partial charge in [0.2, 0.25) is 0 Å². The number of anilines is 2. The van der Waals surface area contributed by atoms with Gasteiger partial charge < -0.3 is 20.2 Å². The molecule has 9 heteroatoms. The SMILES string of the molecule is N#Cc1cccc(Nc2nnc(C(=O)NC3CCC(C4CCC(CC(=O)O)CC4)CC3)o2)c1. The number of carboxylic acids is 1. The monoisotopic (exact) mass is 451 g/mol. The summed E-state index contributed by atoms with van der Waals surface area (Å²) in [6.07, 6.45) is 8.56. The topological polar surface area (TPSA) is 141 Å². The molecule has 33 heavy (non-hydrogen) atoms. The molecule has 0 saturated heterocycles. The van der Waals surface area contributed by atoms with Crippen LogP contribution in [0.4, 0.5) is 11.7 Å². The van der Waals surface area contributed by atoms with Gasteiger partial charge in [-0.25, -0.2) is 0 Å². The number of rotatable bonds is 7. The van der Waals surface area contributed by atoms with Gasteiger partial charge >= 0.3 is 23.8 Å². The zero-order chi connectivity index (χ0) is 23.2. The number of nitriles is 1. The summed E-state index contributed by atoms with van der Waals surface area (Å²) < 4.78 is 5.45. The van der Waals surface area contributed by atoms with Crippen LogP contribution >= 0.6 is 0 Å². The van der Waals surface area contributed by atoms with Crippen molar-refractivity contribution in [1.82, 2.24) is 15.5 Å². The highest BCUT2D eigenvalue weighted by molar-refractivity contribution is 5.89. The van der Waals surface area contributed by atoms with Crippen molar-refractivity contribution in [2.75, 3.05) is 5.32 Å². The molecule has 1 amide bonds. The molecule has 0 atom stereocenters. The summed E-state index contributed by atoms with van der Waals surface area (Å²) in [7, 11) is 0. The Labute approximate surface area is 192 Å². The Hall–Kier alpha value is -3.41. The van der Waals surface area contributed by atoms with Crippen LogP contribution in [-0.2, 0) is 4.79 Å². The van der Waals surface area contributed by atoms with Crippen molar-refractivity contribution in [3.05, 3.63) is 35.7 Å². The molecule has 1 aromatic heterocycles. The maximum absolute atomic E-state index is 12.6. The number of carboxylic acid groups (broad SMARTS) is 1. The van der Waals surface area contributed by atoms with Crippen LogP contribution in [0, 0.1) is 29.1 Å². The summed E-state index contributed by atoms with van der Waals surface area (Å²) in [5, 5.41) is 31.6. The van der Waals surface area contributed by atoms with Gasteiger partial charge in [0.15, 0.2) is 0 Å². The minimum absolute atomic E-state index is 0.0900. The minimum atomic E-state index is -0.688. The number of nitrogens with zero attached hydrogens (tertiary/aromatic N) is 3. The quantitative estimate of drug-likeness (QED) is 0.567. The molecule has 2 saturated carbocycles. The van der Waals surface area contributed by atoms with E-state index in [1.165, 1.54) is 0 Å². The lowest BCUT2D eigenvalue weighted by Crippen LogP contribution is -2.39. The van der Waals surface area contributed by atoms with Crippen molar-refractivity contribution in [1.29, 1.82) is 5.26 Å². The second-order valence-electron chi connectivity index (χ2n) is 9.19. The molecular formula is C24H29N5O4. The fourth-order valence-corrected chi connectivity index (χ4v) is 5.25. The minimum Gasteiger partial charge on any atom is -0.481 e. The van der Waals surface area contributed by atoms with Gasteiger partial charge in [-0.15, -0.1) is 5.10 Å². The molecule has 1 heterocycles. The molecule has 3 N–H and O–H groups in total. The van der Waals surface area contributed by atoms with Crippen molar-refractivity contribution >= 4 is 23.6 Å². The molecule has 0 radical (unpaired) electrons. The van der Waals surface area contributed by atoms with Gasteiger partial charge in [0.25, 0.3) is 0 Å². The molecule has 2 aromatic rings. The molecule has 0 spiro atoms. The van der Waals surface area contributed by atoms with Gasteiger partial charge in [-0.1, -0.05) is 11.2 Å². The highest BCUT2D eigenvalue weighted by Gasteiger charge is 2.32. The van der Waals surface area contributed by atoms with E-state index >= 15 is 0 Å². The van der Waals surface area contributed by atoms with Crippen molar-refractivity contribution in [3.8, 4) is 6.07 Å². The molecule has 0 aliphatic heterocycles. The summed E-state index contributed by atoms with van der Waals surface area (Å²) in [6, 6.07) is 9.10. The van der Waals surface area contributed by atoms with Crippen molar-refractivity contribution in [2.24, 2.45) is 17.8 Å². The van der Waals surface area contributed by atoms with Gasteiger partial charge in [0.1, 0.15) is 0 Å². The first-order valence-electron chi connectivity index (χ1n) is 11.6. The van der Waals surface area contributed by atoms with Crippen LogP contribution in [-0.4, -0.2) is 33.2 Å². The number of hydrogen-bond acceptors (Lipinski definition) is 7. The standard InChI is InChI=1S/C24H29N5O4/c25-14-16-2-1-3-20(12-16)27-24-29-28-23(33-24)22(32)26-19-10-8-18(9-11-19)17-6-4-15(5-7-17)13-21(30)31/h1-3,12,15,17-19H,4-11,13H2,(H,26,32)(H,27,29)(H,30,31). The van der Waals surface area contributed by atoms with E-state index < -0.39 is 5.97 Å². The third kappa shape index (κ3) is 6.09. The Bertz CT molecular complexity index is 1010. The molecule has 2 fully saturated rings. The van der Waals surface area contributed by atoms with E-state index in [4.69, 9.17) is 14.8 Å². The van der Waals surface area contributed by atoms with Gasteiger partial charge in [-0.05, 0) is 87.3 Å². The fraction of sp³-hybridized carbons (Fsp3) is 0.542. The van der Waals surface area contributed by atoms with E-state index in [1.54, 1.807) is 24.3 Å². The number of hydrogen-bond donors (Lipinski definition) is 3. The molecule has 9 nitrogen and oxygen atoms in total. The zero-order valence-corrected chi connectivity index (χ0v) is 18.5.